The van der Waals surface area contributed by atoms with Crippen LogP contribution >= 0.6 is 27.3 Å². The van der Waals surface area contributed by atoms with Gasteiger partial charge in [-0.25, -0.2) is 0 Å². The van der Waals surface area contributed by atoms with Gasteiger partial charge >= 0.3 is 0 Å². The Morgan fingerprint density at radius 2 is 2.00 bits per heavy atom. The van der Waals surface area contributed by atoms with Gasteiger partial charge in [-0.1, -0.05) is 22.0 Å². The monoisotopic (exact) mass is 364 g/mol. The second-order valence-corrected chi connectivity index (χ2v) is 6.25. The van der Waals surface area contributed by atoms with Crippen LogP contribution in [-0.2, 0) is 0 Å². The van der Waals surface area contributed by atoms with E-state index >= 15 is 0 Å². The van der Waals surface area contributed by atoms with Gasteiger partial charge < -0.3 is 4.74 Å². The molecule has 0 aliphatic carbocycles. The number of ether oxygens (including phenoxy) is 1. The highest BCUT2D eigenvalue weighted by Crippen LogP contribution is 2.15. The summed E-state index contributed by atoms with van der Waals surface area (Å²) in [7, 11) is 0. The molecule has 21 heavy (non-hydrogen) atoms. The Labute approximate surface area is 137 Å². The molecular formula is C17H17BrO2S. The molecular weight excluding hydrogens is 348 g/mol. The quantitative estimate of drug-likeness (QED) is 0.278. The topological polar surface area (TPSA) is 26.3 Å². The van der Waals surface area contributed by atoms with Gasteiger partial charge in [-0.2, -0.15) is 0 Å². The number of alkyl halides is 1. The van der Waals surface area contributed by atoms with E-state index in [1.807, 2.05) is 35.7 Å². The number of carbonyl (C=O) groups is 1. The molecule has 1 aromatic carbocycles. The maximum Gasteiger partial charge on any atom is 0.185 e. The fourth-order valence-electron chi connectivity index (χ4n) is 1.74. The third-order valence-electron chi connectivity index (χ3n) is 2.88. The number of ketones is 1. The SMILES string of the molecule is O=C(C=Cc1cccs1)c1ccc(OCCCCBr)cc1. The maximum atomic E-state index is 12.0. The molecule has 1 aromatic heterocycles. The van der Waals surface area contributed by atoms with Crippen molar-refractivity contribution in [2.75, 3.05) is 11.9 Å². The summed E-state index contributed by atoms with van der Waals surface area (Å²) in [6, 6.07) is 11.3. The van der Waals surface area contributed by atoms with E-state index < -0.39 is 0 Å². The molecule has 0 atom stereocenters. The normalized spacial score (nSPS) is 10.9. The molecule has 0 radical (unpaired) electrons. The Bertz CT molecular complexity index is 573. The lowest BCUT2D eigenvalue weighted by atomic mass is 10.1. The van der Waals surface area contributed by atoms with Gasteiger partial charge in [0, 0.05) is 15.8 Å². The van der Waals surface area contributed by atoms with E-state index in [4.69, 9.17) is 4.74 Å². The van der Waals surface area contributed by atoms with Crippen molar-refractivity contribution >= 4 is 39.1 Å². The van der Waals surface area contributed by atoms with Gasteiger partial charge in [0.05, 0.1) is 6.61 Å². The summed E-state index contributed by atoms with van der Waals surface area (Å²) in [6.07, 6.45) is 5.58. The predicted octanol–water partition coefficient (Wildman–Crippen LogP) is 5.20. The average molecular weight is 365 g/mol. The Morgan fingerprint density at radius 1 is 1.19 bits per heavy atom. The molecule has 0 saturated carbocycles. The molecule has 0 amide bonds. The minimum Gasteiger partial charge on any atom is -0.494 e. The number of allylic oxidation sites excluding steroid dienone is 1. The number of rotatable bonds is 8. The Hall–Kier alpha value is -1.39. The van der Waals surface area contributed by atoms with Crippen LogP contribution in [0.4, 0.5) is 0 Å². The summed E-state index contributed by atoms with van der Waals surface area (Å²) in [5, 5.41) is 2.99. The molecule has 0 N–H and O–H groups in total. The molecule has 0 aliphatic heterocycles. The number of unbranched alkanes of at least 4 members (excludes halogenated alkanes) is 1. The highest BCUT2D eigenvalue weighted by Gasteiger charge is 2.02. The number of thiophene rings is 1. The number of carbonyl (C=O) groups excluding carboxylic acids is 1. The fraction of sp³-hybridized carbons (Fsp3) is 0.235. The molecule has 1 heterocycles. The molecule has 0 bridgehead atoms. The number of benzene rings is 1. The van der Waals surface area contributed by atoms with Crippen LogP contribution in [0.3, 0.4) is 0 Å². The van der Waals surface area contributed by atoms with Crippen molar-refractivity contribution in [2.24, 2.45) is 0 Å². The summed E-state index contributed by atoms with van der Waals surface area (Å²) < 4.78 is 5.61. The van der Waals surface area contributed by atoms with Crippen LogP contribution < -0.4 is 4.74 Å². The van der Waals surface area contributed by atoms with Gasteiger partial charge in [-0.15, -0.1) is 11.3 Å². The highest BCUT2D eigenvalue weighted by atomic mass is 79.9. The van der Waals surface area contributed by atoms with Crippen LogP contribution in [0.1, 0.15) is 28.1 Å². The first-order chi connectivity index (χ1) is 10.3. The lowest BCUT2D eigenvalue weighted by Crippen LogP contribution is -1.98. The first-order valence-electron chi connectivity index (χ1n) is 6.84. The van der Waals surface area contributed by atoms with Crippen LogP contribution in [0.2, 0.25) is 0 Å². The van der Waals surface area contributed by atoms with Crippen LogP contribution in [0.25, 0.3) is 6.08 Å². The van der Waals surface area contributed by atoms with Gasteiger partial charge in [-0.05, 0) is 60.7 Å². The van der Waals surface area contributed by atoms with Gasteiger partial charge in [0.1, 0.15) is 5.75 Å². The maximum absolute atomic E-state index is 12.0. The van der Waals surface area contributed by atoms with E-state index in [1.54, 1.807) is 29.5 Å². The summed E-state index contributed by atoms with van der Waals surface area (Å²) in [5.41, 5.74) is 0.676. The largest absolute Gasteiger partial charge is 0.494 e. The Balaban J connectivity index is 1.87. The zero-order valence-electron chi connectivity index (χ0n) is 11.6. The summed E-state index contributed by atoms with van der Waals surface area (Å²) in [5.74, 6) is 0.817. The van der Waals surface area contributed by atoms with Crippen molar-refractivity contribution in [1.29, 1.82) is 0 Å². The van der Waals surface area contributed by atoms with Crippen molar-refractivity contribution in [1.82, 2.24) is 0 Å². The highest BCUT2D eigenvalue weighted by molar-refractivity contribution is 9.09. The zero-order valence-corrected chi connectivity index (χ0v) is 14.0. The van der Waals surface area contributed by atoms with E-state index in [1.165, 1.54) is 0 Å². The van der Waals surface area contributed by atoms with Crippen LogP contribution in [0, 0.1) is 0 Å². The Morgan fingerprint density at radius 3 is 2.67 bits per heavy atom. The predicted molar refractivity (Wildman–Crippen MR) is 92.6 cm³/mol. The minimum atomic E-state index is 0.00855. The molecule has 2 aromatic rings. The number of hydrogen-bond donors (Lipinski definition) is 0. The van der Waals surface area contributed by atoms with Crippen LogP contribution in [0.15, 0.2) is 47.9 Å². The summed E-state index contributed by atoms with van der Waals surface area (Å²) in [6.45, 7) is 0.706. The lowest BCUT2D eigenvalue weighted by molar-refractivity contribution is 0.104. The summed E-state index contributed by atoms with van der Waals surface area (Å²) in [4.78, 5) is 13.1. The van der Waals surface area contributed by atoms with E-state index in [-0.39, 0.29) is 5.78 Å². The zero-order chi connectivity index (χ0) is 14.9. The second-order valence-electron chi connectivity index (χ2n) is 4.48. The third-order valence-corrected chi connectivity index (χ3v) is 4.28. The summed E-state index contributed by atoms with van der Waals surface area (Å²) >= 11 is 5.00. The minimum absolute atomic E-state index is 0.00855. The molecule has 4 heteroatoms. The number of halogens is 1. The van der Waals surface area contributed by atoms with Crippen molar-refractivity contribution in [2.45, 2.75) is 12.8 Å². The molecule has 0 aliphatic rings. The van der Waals surface area contributed by atoms with E-state index in [2.05, 4.69) is 15.9 Å². The average Bonchev–Trinajstić information content (AvgIpc) is 3.03. The van der Waals surface area contributed by atoms with Crippen molar-refractivity contribution in [3.05, 3.63) is 58.3 Å². The van der Waals surface area contributed by atoms with Gasteiger partial charge in [0.25, 0.3) is 0 Å². The second kappa shape index (κ2) is 8.80. The van der Waals surface area contributed by atoms with Gasteiger partial charge in [-0.3, -0.25) is 4.79 Å². The van der Waals surface area contributed by atoms with Gasteiger partial charge in [0.15, 0.2) is 5.78 Å². The molecule has 2 nitrogen and oxygen atoms in total. The van der Waals surface area contributed by atoms with E-state index in [0.717, 1.165) is 28.8 Å². The van der Waals surface area contributed by atoms with Crippen molar-refractivity contribution in [3.8, 4) is 5.75 Å². The third kappa shape index (κ3) is 5.48. The first kappa shape index (κ1) is 16.0. The standard InChI is InChI=1S/C17H17BrO2S/c18-11-1-2-12-20-15-7-5-14(6-8-15)17(19)10-9-16-4-3-13-21-16/h3-10,13H,1-2,11-12H2. The first-order valence-corrected chi connectivity index (χ1v) is 8.84. The Kier molecular flexibility index (Phi) is 6.70. The number of hydrogen-bond acceptors (Lipinski definition) is 3. The fourth-order valence-corrected chi connectivity index (χ4v) is 2.76. The lowest BCUT2D eigenvalue weighted by Gasteiger charge is -2.05. The smallest absolute Gasteiger partial charge is 0.185 e. The molecule has 0 fully saturated rings. The molecule has 0 saturated heterocycles. The van der Waals surface area contributed by atoms with E-state index in [9.17, 15) is 4.79 Å². The van der Waals surface area contributed by atoms with Gasteiger partial charge in [0.2, 0.25) is 0 Å². The van der Waals surface area contributed by atoms with E-state index in [0.29, 0.717) is 12.2 Å². The van der Waals surface area contributed by atoms with Crippen molar-refractivity contribution < 1.29 is 9.53 Å². The molecule has 0 spiro atoms. The molecule has 110 valence electrons. The molecule has 2 rings (SSSR count). The molecule has 0 unspecified atom stereocenters. The van der Waals surface area contributed by atoms with Crippen LogP contribution in [-0.4, -0.2) is 17.7 Å². The van der Waals surface area contributed by atoms with Crippen LogP contribution in [0.5, 0.6) is 5.75 Å². The van der Waals surface area contributed by atoms with Crippen molar-refractivity contribution in [3.63, 3.8) is 0 Å².